The molecule has 212 valence electrons. The number of oxime groups is 1. The highest BCUT2D eigenvalue weighted by molar-refractivity contribution is 6.30. The number of benzene rings is 1. The van der Waals surface area contributed by atoms with Crippen LogP contribution in [0.3, 0.4) is 0 Å². The summed E-state index contributed by atoms with van der Waals surface area (Å²) in [6.07, 6.45) is 6.47. The lowest BCUT2D eigenvalue weighted by Gasteiger charge is -2.18. The van der Waals surface area contributed by atoms with Crippen molar-refractivity contribution in [1.29, 1.82) is 0 Å². The number of carbonyl (C=O) groups is 2. The Morgan fingerprint density at radius 3 is 2.78 bits per heavy atom. The fraction of sp³-hybridized carbons (Fsp3) is 0.200. The van der Waals surface area contributed by atoms with Gasteiger partial charge in [0.25, 0.3) is 5.56 Å². The fourth-order valence-electron chi connectivity index (χ4n) is 3.96. The highest BCUT2D eigenvalue weighted by Crippen LogP contribution is 2.29. The third-order valence-electron chi connectivity index (χ3n) is 5.95. The predicted molar refractivity (Wildman–Crippen MR) is 149 cm³/mol. The molecule has 0 fully saturated rings. The second-order valence-corrected chi connectivity index (χ2v) is 9.15. The second kappa shape index (κ2) is 13.2. The number of ether oxygens (including phenoxy) is 1. The zero-order valence-corrected chi connectivity index (χ0v) is 22.4. The van der Waals surface area contributed by atoms with Gasteiger partial charge in [0.1, 0.15) is 12.2 Å². The van der Waals surface area contributed by atoms with E-state index in [0.29, 0.717) is 34.7 Å². The largest absolute Gasteiger partial charge is 0.453 e. The number of aromatic amines is 1. The number of hydrogen-bond acceptors (Lipinski definition) is 10. The van der Waals surface area contributed by atoms with Crippen LogP contribution in [-0.4, -0.2) is 60.6 Å². The average Bonchev–Trinajstić information content (AvgIpc) is 3.51. The van der Waals surface area contributed by atoms with Crippen LogP contribution in [-0.2, 0) is 9.53 Å². The van der Waals surface area contributed by atoms with E-state index >= 15 is 0 Å². The van der Waals surface area contributed by atoms with Crippen LogP contribution in [0.1, 0.15) is 31.0 Å². The van der Waals surface area contributed by atoms with E-state index < -0.39 is 23.6 Å². The van der Waals surface area contributed by atoms with Gasteiger partial charge < -0.3 is 21.0 Å². The number of nitrogens with zero attached hydrogens (tertiary/aromatic N) is 6. The van der Waals surface area contributed by atoms with Crippen LogP contribution < -0.4 is 21.9 Å². The number of amidine groups is 1. The molecule has 4 rings (SSSR count). The minimum atomic E-state index is -0.877. The van der Waals surface area contributed by atoms with Crippen molar-refractivity contribution in [3.05, 3.63) is 81.5 Å². The Kier molecular flexibility index (Phi) is 9.21. The molecule has 2 aromatic heterocycles. The van der Waals surface area contributed by atoms with Crippen LogP contribution in [0.25, 0.3) is 16.8 Å². The van der Waals surface area contributed by atoms with Crippen molar-refractivity contribution in [2.45, 2.75) is 25.3 Å². The molecule has 0 saturated carbocycles. The first-order chi connectivity index (χ1) is 19.8. The Bertz CT molecular complexity index is 1590. The standard InChI is InChI=1S/C25H25ClN10O5/c1-41-25(39)29-17-6-2-14(3-7-17)18-11-20(31-32-24(18)38)19(12-22(27)33-40)30-23(37)9-4-15-10-16(26)5-8-21(15)36-13-28-34-35-36/h2-4,6-7,9-11,13,19,40H,5,8,12H2,1H3,(H2,27,33)(H,29,39)(H,30,37)(H,32,38)/b9-4+. The summed E-state index contributed by atoms with van der Waals surface area (Å²) in [4.78, 5) is 37.0. The summed E-state index contributed by atoms with van der Waals surface area (Å²) < 4.78 is 6.07. The molecule has 15 nitrogen and oxygen atoms in total. The fourth-order valence-corrected chi connectivity index (χ4v) is 4.18. The smallest absolute Gasteiger partial charge is 0.411 e. The number of carbonyl (C=O) groups excluding carboxylic acids is 2. The van der Waals surface area contributed by atoms with Crippen LogP contribution >= 0.6 is 11.6 Å². The number of nitrogens with one attached hydrogen (secondary N) is 3. The third-order valence-corrected chi connectivity index (χ3v) is 6.25. The summed E-state index contributed by atoms with van der Waals surface area (Å²) in [7, 11) is 1.24. The summed E-state index contributed by atoms with van der Waals surface area (Å²) in [6.45, 7) is 0. The molecule has 2 heterocycles. The highest BCUT2D eigenvalue weighted by atomic mass is 35.5. The number of tetrazole rings is 1. The molecular formula is C25H25ClN10O5. The van der Waals surface area contributed by atoms with Crippen LogP contribution in [0, 0.1) is 0 Å². The number of rotatable bonds is 9. The first kappa shape index (κ1) is 28.7. The molecule has 1 unspecified atom stereocenters. The van der Waals surface area contributed by atoms with Gasteiger partial charge in [0, 0.05) is 23.2 Å². The van der Waals surface area contributed by atoms with Crippen molar-refractivity contribution in [3.8, 4) is 11.1 Å². The van der Waals surface area contributed by atoms with E-state index in [1.807, 2.05) is 0 Å². The topological polar surface area (TPSA) is 215 Å². The van der Waals surface area contributed by atoms with Gasteiger partial charge in [-0.15, -0.1) is 5.10 Å². The van der Waals surface area contributed by atoms with Gasteiger partial charge in [-0.1, -0.05) is 28.9 Å². The Balaban J connectivity index is 1.59. The monoisotopic (exact) mass is 580 g/mol. The highest BCUT2D eigenvalue weighted by Gasteiger charge is 2.20. The lowest BCUT2D eigenvalue weighted by Crippen LogP contribution is -2.32. The van der Waals surface area contributed by atoms with Crippen molar-refractivity contribution in [2.24, 2.45) is 10.9 Å². The van der Waals surface area contributed by atoms with E-state index in [2.05, 4.69) is 46.2 Å². The van der Waals surface area contributed by atoms with Gasteiger partial charge in [-0.3, -0.25) is 14.9 Å². The van der Waals surface area contributed by atoms with Crippen molar-refractivity contribution < 1.29 is 19.5 Å². The minimum Gasteiger partial charge on any atom is -0.453 e. The first-order valence-electron chi connectivity index (χ1n) is 12.1. The van der Waals surface area contributed by atoms with Gasteiger partial charge in [-0.05, 0) is 64.8 Å². The lowest BCUT2D eigenvalue weighted by atomic mass is 10.0. The van der Waals surface area contributed by atoms with Gasteiger partial charge in [0.05, 0.1) is 30.1 Å². The van der Waals surface area contributed by atoms with Crippen molar-refractivity contribution in [3.63, 3.8) is 0 Å². The number of allylic oxidation sites excluding steroid dienone is 5. The number of H-pyrrole nitrogens is 1. The molecule has 0 radical (unpaired) electrons. The van der Waals surface area contributed by atoms with E-state index in [4.69, 9.17) is 22.5 Å². The second-order valence-electron chi connectivity index (χ2n) is 8.67. The number of nitrogens with two attached hydrogens (primary N) is 1. The number of hydrogen-bond donors (Lipinski definition) is 5. The number of methoxy groups -OCH3 is 1. The maximum atomic E-state index is 13.0. The molecule has 1 aliphatic rings. The summed E-state index contributed by atoms with van der Waals surface area (Å²) >= 11 is 6.23. The molecule has 0 saturated heterocycles. The van der Waals surface area contributed by atoms with Crippen molar-refractivity contribution >= 4 is 40.8 Å². The molecule has 16 heteroatoms. The number of amides is 2. The normalized spacial score (nSPS) is 14.5. The summed E-state index contributed by atoms with van der Waals surface area (Å²) in [6, 6.07) is 7.05. The molecule has 1 aromatic carbocycles. The molecule has 41 heavy (non-hydrogen) atoms. The summed E-state index contributed by atoms with van der Waals surface area (Å²) in [5, 5.41) is 35.8. The number of anilines is 1. The van der Waals surface area contributed by atoms with Crippen molar-refractivity contribution in [1.82, 2.24) is 35.7 Å². The van der Waals surface area contributed by atoms with Gasteiger partial charge in [0.2, 0.25) is 5.91 Å². The maximum absolute atomic E-state index is 13.0. The Morgan fingerprint density at radius 2 is 2.10 bits per heavy atom. The predicted octanol–water partition coefficient (Wildman–Crippen LogP) is 2.28. The SMILES string of the molecule is COC(=O)Nc1ccc(-c2cc(C(C/C(N)=N/O)NC(=O)/C=C/C3=C(n4cnnn4)CCC(Cl)=C3)n[nH]c2=O)cc1. The zero-order valence-electron chi connectivity index (χ0n) is 21.6. The number of halogens is 1. The van der Waals surface area contributed by atoms with Crippen LogP contribution in [0.5, 0.6) is 0 Å². The number of aromatic nitrogens is 6. The van der Waals surface area contributed by atoms with E-state index in [0.717, 1.165) is 5.70 Å². The molecular weight excluding hydrogens is 556 g/mol. The Hall–Kier alpha value is -5.31. The maximum Gasteiger partial charge on any atom is 0.411 e. The van der Waals surface area contributed by atoms with Crippen LogP contribution in [0.2, 0.25) is 0 Å². The summed E-state index contributed by atoms with van der Waals surface area (Å²) in [5.74, 6) is -0.690. The molecule has 1 atom stereocenters. The quantitative estimate of drug-likeness (QED) is 0.0817. The van der Waals surface area contributed by atoms with Gasteiger partial charge in [-0.25, -0.2) is 14.6 Å². The Labute approximate surface area is 237 Å². The van der Waals surface area contributed by atoms with Crippen molar-refractivity contribution in [2.75, 3.05) is 12.4 Å². The lowest BCUT2D eigenvalue weighted by molar-refractivity contribution is -0.117. The average molecular weight is 581 g/mol. The third kappa shape index (κ3) is 7.42. The molecule has 3 aromatic rings. The van der Waals surface area contributed by atoms with E-state index in [1.54, 1.807) is 36.4 Å². The zero-order chi connectivity index (χ0) is 29.4. The van der Waals surface area contributed by atoms with Gasteiger partial charge in [-0.2, -0.15) is 5.10 Å². The molecule has 6 N–H and O–H groups in total. The van der Waals surface area contributed by atoms with Gasteiger partial charge in [0.15, 0.2) is 0 Å². The first-order valence-corrected chi connectivity index (χ1v) is 12.5. The minimum absolute atomic E-state index is 0.110. The van der Waals surface area contributed by atoms with Crippen LogP contribution in [0.4, 0.5) is 10.5 Å². The van der Waals surface area contributed by atoms with E-state index in [1.165, 1.54) is 30.3 Å². The summed E-state index contributed by atoms with van der Waals surface area (Å²) in [5.41, 5.74) is 8.13. The van der Waals surface area contributed by atoms with E-state index in [-0.39, 0.29) is 23.5 Å². The molecule has 0 bridgehead atoms. The van der Waals surface area contributed by atoms with E-state index in [9.17, 15) is 14.4 Å². The molecule has 0 aliphatic heterocycles. The molecule has 0 spiro atoms. The molecule has 2 amide bonds. The van der Waals surface area contributed by atoms with Gasteiger partial charge >= 0.3 is 6.09 Å². The Morgan fingerprint density at radius 1 is 1.32 bits per heavy atom. The molecule has 1 aliphatic carbocycles. The van der Waals surface area contributed by atoms with Crippen LogP contribution in [0.15, 0.2) is 75.4 Å².